The summed E-state index contributed by atoms with van der Waals surface area (Å²) in [6.07, 6.45) is 8.73. The molecule has 4 aromatic rings. The van der Waals surface area contributed by atoms with Gasteiger partial charge in [-0.2, -0.15) is 4.98 Å². The second kappa shape index (κ2) is 21.2. The number of hydrogen-bond donors (Lipinski definition) is 3. The number of hydrogen-bond acceptors (Lipinski definition) is 13. The van der Waals surface area contributed by atoms with Crippen molar-refractivity contribution in [2.24, 2.45) is 0 Å². The van der Waals surface area contributed by atoms with E-state index in [1.54, 1.807) is 37.1 Å². The smallest absolute Gasteiger partial charge is 0.255 e. The summed E-state index contributed by atoms with van der Waals surface area (Å²) in [6, 6.07) is 19.2. The summed E-state index contributed by atoms with van der Waals surface area (Å²) in [5.41, 5.74) is 4.10. The molecule has 5 heterocycles. The Morgan fingerprint density at radius 1 is 0.909 bits per heavy atom. The molecule has 1 unspecified atom stereocenters. The van der Waals surface area contributed by atoms with Crippen LogP contribution < -0.4 is 30.9 Å². The molecule has 8 rings (SSSR count). The number of imide groups is 1. The zero-order valence-electron chi connectivity index (χ0n) is 37.9. The minimum absolute atomic E-state index is 0.145. The van der Waals surface area contributed by atoms with Crippen LogP contribution in [0.3, 0.4) is 0 Å². The Balaban J connectivity index is 0.730. The highest BCUT2D eigenvalue weighted by molar-refractivity contribution is 7.99. The Hall–Kier alpha value is -5.15. The predicted molar refractivity (Wildman–Crippen MR) is 262 cm³/mol. The number of aromatic nitrogens is 2. The number of carbonyl (C=O) groups excluding carboxylic acids is 4. The molecule has 4 amide bonds. The number of nitrogens with zero attached hydrogens (tertiary/aromatic N) is 6. The second-order valence-electron chi connectivity index (χ2n) is 17.7. The van der Waals surface area contributed by atoms with Gasteiger partial charge in [-0.1, -0.05) is 42.6 Å². The number of fused-ring (bicyclic) bond motifs is 1. The molecule has 3 saturated heterocycles. The van der Waals surface area contributed by atoms with Gasteiger partial charge in [0.2, 0.25) is 23.7 Å². The molecule has 1 atom stereocenters. The lowest BCUT2D eigenvalue weighted by molar-refractivity contribution is -0.137. The van der Waals surface area contributed by atoms with Gasteiger partial charge in [0.15, 0.2) is 5.82 Å². The number of ether oxygens (including phenoxy) is 1. The molecule has 4 aliphatic rings. The Kier molecular flexibility index (Phi) is 15.2. The SMILES string of the molecule is COc1cc(N2CCC(N3CCN(C(=O)CCCCCCSc4cccc5c4CN(C4CCC(=O)NC4=O)C5=O)CC3)CC2)ccc1Nc1ncc(Cl)c(Nc2ccccc2P(C)(C)=O)n1. The van der Waals surface area contributed by atoms with E-state index in [0.717, 1.165) is 99.7 Å². The number of para-hydroxylation sites is 1. The number of rotatable bonds is 17. The molecule has 66 heavy (non-hydrogen) atoms. The number of unbranched alkanes of at least 4 members (excludes halogenated alkanes) is 3. The van der Waals surface area contributed by atoms with E-state index in [1.807, 2.05) is 59.5 Å². The molecular weight excluding hydrogens is 897 g/mol. The van der Waals surface area contributed by atoms with Gasteiger partial charge in [0.25, 0.3) is 5.91 Å². The molecule has 3 fully saturated rings. The van der Waals surface area contributed by atoms with E-state index in [4.69, 9.17) is 16.3 Å². The first-order valence-electron chi connectivity index (χ1n) is 22.9. The van der Waals surface area contributed by atoms with Crippen molar-refractivity contribution >= 4 is 88.3 Å². The fraction of sp³-hybridized carbons (Fsp3) is 0.458. The number of halogens is 1. The van der Waals surface area contributed by atoms with E-state index in [9.17, 15) is 23.7 Å². The van der Waals surface area contributed by atoms with E-state index in [2.05, 4.69) is 41.8 Å². The monoisotopic (exact) mass is 955 g/mol. The zero-order chi connectivity index (χ0) is 46.4. The summed E-state index contributed by atoms with van der Waals surface area (Å²) in [5.74, 6) is 1.74. The molecule has 0 spiro atoms. The number of anilines is 5. The quantitative estimate of drug-likeness (QED) is 0.0413. The minimum atomic E-state index is -2.55. The minimum Gasteiger partial charge on any atom is -0.494 e. The van der Waals surface area contributed by atoms with Crippen molar-refractivity contribution < 1.29 is 28.5 Å². The third-order valence-corrected chi connectivity index (χ3v) is 16.0. The van der Waals surface area contributed by atoms with Gasteiger partial charge in [0.05, 0.1) is 24.7 Å². The van der Waals surface area contributed by atoms with Crippen LogP contribution in [0.15, 0.2) is 71.8 Å². The third kappa shape index (κ3) is 11.2. The summed E-state index contributed by atoms with van der Waals surface area (Å²) >= 11 is 8.23. The van der Waals surface area contributed by atoms with Crippen LogP contribution >= 0.6 is 30.5 Å². The molecule has 0 aliphatic carbocycles. The number of methoxy groups -OCH3 is 1. The van der Waals surface area contributed by atoms with Crippen molar-refractivity contribution in [3.8, 4) is 5.75 Å². The van der Waals surface area contributed by atoms with Gasteiger partial charge in [-0.05, 0) is 93.1 Å². The van der Waals surface area contributed by atoms with Crippen molar-refractivity contribution in [1.82, 2.24) is 30.0 Å². The number of benzene rings is 3. The molecule has 18 heteroatoms. The zero-order valence-corrected chi connectivity index (χ0v) is 40.4. The first-order chi connectivity index (χ1) is 31.9. The predicted octanol–water partition coefficient (Wildman–Crippen LogP) is 7.49. The van der Waals surface area contributed by atoms with Crippen molar-refractivity contribution in [1.29, 1.82) is 0 Å². The van der Waals surface area contributed by atoms with Crippen LogP contribution in [0.4, 0.5) is 28.8 Å². The Morgan fingerprint density at radius 3 is 2.44 bits per heavy atom. The molecule has 0 saturated carbocycles. The van der Waals surface area contributed by atoms with Crippen LogP contribution in [0, 0.1) is 0 Å². The summed E-state index contributed by atoms with van der Waals surface area (Å²) < 4.78 is 18.7. The topological polar surface area (TPSA) is 169 Å². The molecule has 3 N–H and O–H groups in total. The van der Waals surface area contributed by atoms with Crippen molar-refractivity contribution in [3.05, 3.63) is 83.0 Å². The molecule has 350 valence electrons. The molecule has 15 nitrogen and oxygen atoms in total. The molecular formula is C48H59ClN9O6PS. The lowest BCUT2D eigenvalue weighted by Gasteiger charge is -2.43. The van der Waals surface area contributed by atoms with E-state index >= 15 is 0 Å². The van der Waals surface area contributed by atoms with E-state index in [0.29, 0.717) is 70.2 Å². The van der Waals surface area contributed by atoms with Crippen LogP contribution in [-0.4, -0.2) is 126 Å². The summed E-state index contributed by atoms with van der Waals surface area (Å²) in [7, 11) is -0.906. The normalized spacial score (nSPS) is 18.3. The fourth-order valence-electron chi connectivity index (χ4n) is 9.38. The lowest BCUT2D eigenvalue weighted by atomic mass is 10.0. The van der Waals surface area contributed by atoms with Crippen molar-refractivity contribution in [2.45, 2.75) is 81.3 Å². The maximum atomic E-state index is 13.2. The van der Waals surface area contributed by atoms with Gasteiger partial charge in [0.1, 0.15) is 24.0 Å². The van der Waals surface area contributed by atoms with Crippen LogP contribution in [0.1, 0.15) is 73.7 Å². The van der Waals surface area contributed by atoms with E-state index in [1.165, 1.54) is 6.20 Å². The number of nitrogens with one attached hydrogen (secondary N) is 3. The molecule has 0 radical (unpaired) electrons. The van der Waals surface area contributed by atoms with Crippen molar-refractivity contribution in [3.63, 3.8) is 0 Å². The number of thioether (sulfide) groups is 1. The van der Waals surface area contributed by atoms with E-state index in [-0.39, 0.29) is 24.1 Å². The number of piperazine rings is 1. The molecule has 1 aromatic heterocycles. The Bertz CT molecular complexity index is 2490. The summed E-state index contributed by atoms with van der Waals surface area (Å²) in [4.78, 5) is 69.1. The number of carbonyl (C=O) groups is 4. The van der Waals surface area contributed by atoms with Gasteiger partial charge < -0.3 is 34.6 Å². The average Bonchev–Trinajstić information content (AvgIpc) is 3.65. The largest absolute Gasteiger partial charge is 0.494 e. The highest BCUT2D eigenvalue weighted by Gasteiger charge is 2.40. The van der Waals surface area contributed by atoms with Gasteiger partial charge >= 0.3 is 0 Å². The molecule has 0 bridgehead atoms. The van der Waals surface area contributed by atoms with E-state index < -0.39 is 19.1 Å². The Labute approximate surface area is 396 Å². The highest BCUT2D eigenvalue weighted by atomic mass is 35.5. The first-order valence-corrected chi connectivity index (χ1v) is 26.9. The average molecular weight is 957 g/mol. The first kappa shape index (κ1) is 47.3. The van der Waals surface area contributed by atoms with Gasteiger partial charge in [0, 0.05) is 92.2 Å². The highest BCUT2D eigenvalue weighted by Crippen LogP contribution is 2.40. The molecule has 4 aliphatic heterocycles. The fourth-order valence-corrected chi connectivity index (χ4v) is 11.8. The van der Waals surface area contributed by atoms with Crippen molar-refractivity contribution in [2.75, 3.05) is 81.0 Å². The van der Waals surface area contributed by atoms with Gasteiger partial charge in [-0.3, -0.25) is 29.4 Å². The van der Waals surface area contributed by atoms with Crippen LogP contribution in [0.5, 0.6) is 5.75 Å². The summed E-state index contributed by atoms with van der Waals surface area (Å²) in [5, 5.41) is 9.95. The lowest BCUT2D eigenvalue weighted by Crippen LogP contribution is -2.54. The van der Waals surface area contributed by atoms with Crippen LogP contribution in [0.25, 0.3) is 0 Å². The van der Waals surface area contributed by atoms with Gasteiger partial charge in [-0.15, -0.1) is 11.8 Å². The second-order valence-corrected chi connectivity index (χ2v) is 22.5. The standard InChI is InChI=1S/C48H59ClN9O6PS/c1-64-40-29-33(16-17-37(40)52-48-50-30-36(49)45(54-48)51-38-12-7-8-13-41(38)65(2,3)63)55-22-20-32(21-23-55)56-24-26-57(27-25-56)44(60)15-6-4-5-9-28-66-42-14-10-11-34-35(42)31-58(47(34)62)39-18-19-43(59)53-46(39)61/h7-8,10-14,16-17,29-30,32,39H,4-6,9,15,18-28,31H2,1-3H3,(H,53,59,61)(H2,50,51,52,54). The summed E-state index contributed by atoms with van der Waals surface area (Å²) in [6.45, 7) is 9.04. The van der Waals surface area contributed by atoms with Crippen LogP contribution in [-0.2, 0) is 25.5 Å². The third-order valence-electron chi connectivity index (χ3n) is 13.0. The molecule has 3 aromatic carbocycles. The maximum Gasteiger partial charge on any atom is 0.255 e. The Morgan fingerprint density at radius 2 is 1.68 bits per heavy atom. The number of amides is 4. The van der Waals surface area contributed by atoms with Crippen LogP contribution in [0.2, 0.25) is 5.02 Å². The number of piperidine rings is 2. The maximum absolute atomic E-state index is 13.2. The van der Waals surface area contributed by atoms with Gasteiger partial charge in [-0.25, -0.2) is 4.98 Å².